The Labute approximate surface area is 191 Å². The molecule has 4 rings (SSSR count). The molecule has 0 unspecified atom stereocenters. The van der Waals surface area contributed by atoms with Crippen molar-refractivity contribution in [1.29, 1.82) is 0 Å². The molecule has 0 N–H and O–H groups in total. The summed E-state index contributed by atoms with van der Waals surface area (Å²) < 4.78 is 47.2. The van der Waals surface area contributed by atoms with Crippen molar-refractivity contribution >= 4 is 17.3 Å². The Morgan fingerprint density at radius 2 is 1.56 bits per heavy atom. The number of halogens is 4. The highest BCUT2D eigenvalue weighted by atomic mass is 35.5. The maximum Gasteiger partial charge on any atom is 0.142 e. The number of piperazine rings is 1. The van der Waals surface area contributed by atoms with Gasteiger partial charge in [0.2, 0.25) is 0 Å². The van der Waals surface area contributed by atoms with E-state index in [9.17, 15) is 13.2 Å². The molecule has 0 aromatic heterocycles. The lowest BCUT2D eigenvalue weighted by Crippen LogP contribution is -2.46. The molecule has 1 aliphatic heterocycles. The van der Waals surface area contributed by atoms with Crippen molar-refractivity contribution in [2.24, 2.45) is 0 Å². The van der Waals surface area contributed by atoms with E-state index >= 15 is 0 Å². The molecule has 0 saturated carbocycles. The van der Waals surface area contributed by atoms with Gasteiger partial charge in [-0.05, 0) is 42.5 Å². The van der Waals surface area contributed by atoms with Crippen LogP contribution < -0.4 is 9.64 Å². The van der Waals surface area contributed by atoms with E-state index < -0.39 is 11.9 Å². The number of hydrogen-bond donors (Lipinski definition) is 0. The second kappa shape index (κ2) is 10.3. The first-order valence-corrected chi connectivity index (χ1v) is 11.0. The molecule has 1 heterocycles. The van der Waals surface area contributed by atoms with Gasteiger partial charge in [-0.15, -0.1) is 0 Å². The van der Waals surface area contributed by atoms with Gasteiger partial charge < -0.3 is 9.64 Å². The predicted octanol–water partition coefficient (Wildman–Crippen LogP) is 6.09. The van der Waals surface area contributed by atoms with Crippen LogP contribution in [0, 0.1) is 17.5 Å². The van der Waals surface area contributed by atoms with Crippen molar-refractivity contribution in [3.05, 3.63) is 94.8 Å². The molecule has 7 heteroatoms. The van der Waals surface area contributed by atoms with Gasteiger partial charge in [-0.2, -0.15) is 0 Å². The molecule has 3 aromatic rings. The van der Waals surface area contributed by atoms with E-state index in [1.165, 1.54) is 36.4 Å². The van der Waals surface area contributed by atoms with Crippen molar-refractivity contribution in [3.63, 3.8) is 0 Å². The zero-order chi connectivity index (χ0) is 22.5. The maximum atomic E-state index is 14.5. The number of benzene rings is 3. The quantitative estimate of drug-likeness (QED) is 0.424. The Balaban J connectivity index is 1.40. The van der Waals surface area contributed by atoms with Gasteiger partial charge in [0.05, 0.1) is 5.02 Å². The molecule has 1 fully saturated rings. The van der Waals surface area contributed by atoms with Crippen molar-refractivity contribution in [2.75, 3.05) is 37.6 Å². The molecule has 0 bridgehead atoms. The summed E-state index contributed by atoms with van der Waals surface area (Å²) in [6, 6.07) is 17.2. The molecule has 3 nitrogen and oxygen atoms in total. The fraction of sp³-hybridized carbons (Fsp3) is 0.280. The summed E-state index contributed by atoms with van der Waals surface area (Å²) in [7, 11) is 0. The summed E-state index contributed by atoms with van der Waals surface area (Å²) in [5.41, 5.74) is 1.46. The zero-order valence-corrected chi connectivity index (χ0v) is 18.2. The minimum Gasteiger partial charge on any atom is -0.486 e. The number of ether oxygens (including phenoxy) is 1. The minimum absolute atomic E-state index is 0.0355. The molecule has 3 aromatic carbocycles. The summed E-state index contributed by atoms with van der Waals surface area (Å²) in [5, 5.41) is -0.0355. The number of anilines is 1. The molecular formula is C25H24ClF3N2O. The van der Waals surface area contributed by atoms with Crippen LogP contribution >= 0.6 is 11.6 Å². The molecule has 0 spiro atoms. The Kier molecular flexibility index (Phi) is 7.22. The van der Waals surface area contributed by atoms with Crippen molar-refractivity contribution < 1.29 is 17.9 Å². The largest absolute Gasteiger partial charge is 0.486 e. The third-order valence-corrected chi connectivity index (χ3v) is 5.98. The highest BCUT2D eigenvalue weighted by molar-refractivity contribution is 6.30. The molecule has 168 valence electrons. The van der Waals surface area contributed by atoms with Gasteiger partial charge in [-0.25, -0.2) is 13.2 Å². The highest BCUT2D eigenvalue weighted by Crippen LogP contribution is 2.30. The fourth-order valence-electron chi connectivity index (χ4n) is 3.91. The summed E-state index contributed by atoms with van der Waals surface area (Å²) in [6.45, 7) is 4.04. The van der Waals surface area contributed by atoms with Gasteiger partial charge in [-0.3, -0.25) is 4.90 Å². The van der Waals surface area contributed by atoms with E-state index in [1.807, 2.05) is 0 Å². The van der Waals surface area contributed by atoms with E-state index in [4.69, 9.17) is 16.3 Å². The normalized spacial score (nSPS) is 15.6. The lowest BCUT2D eigenvalue weighted by Gasteiger charge is -2.36. The molecule has 1 saturated heterocycles. The fourth-order valence-corrected chi connectivity index (χ4v) is 4.08. The average Bonchev–Trinajstić information content (AvgIpc) is 2.80. The van der Waals surface area contributed by atoms with Crippen LogP contribution in [0.5, 0.6) is 5.75 Å². The van der Waals surface area contributed by atoms with Gasteiger partial charge in [0.25, 0.3) is 0 Å². The average molecular weight is 461 g/mol. The van der Waals surface area contributed by atoms with Crippen LogP contribution in [0.15, 0.2) is 66.7 Å². The third-order valence-electron chi connectivity index (χ3n) is 5.69. The molecule has 0 aliphatic carbocycles. The van der Waals surface area contributed by atoms with Crippen molar-refractivity contribution in [3.8, 4) is 5.75 Å². The second-order valence-electron chi connectivity index (χ2n) is 7.80. The first-order valence-electron chi connectivity index (χ1n) is 10.6. The summed E-state index contributed by atoms with van der Waals surface area (Å²) >= 11 is 5.88. The minimum atomic E-state index is -0.534. The first kappa shape index (κ1) is 22.5. The Morgan fingerprint density at radius 3 is 2.25 bits per heavy atom. The van der Waals surface area contributed by atoms with Crippen molar-refractivity contribution in [1.82, 2.24) is 4.90 Å². The van der Waals surface area contributed by atoms with Crippen LogP contribution in [0.3, 0.4) is 0 Å². The Bertz CT molecular complexity index is 1040. The molecule has 0 radical (unpaired) electrons. The van der Waals surface area contributed by atoms with Gasteiger partial charge in [0.1, 0.15) is 29.3 Å². The van der Waals surface area contributed by atoms with Gasteiger partial charge in [0.15, 0.2) is 0 Å². The van der Waals surface area contributed by atoms with Gasteiger partial charge in [-0.1, -0.05) is 29.8 Å². The molecule has 32 heavy (non-hydrogen) atoms. The lowest BCUT2D eigenvalue weighted by atomic mass is 10.0. The van der Waals surface area contributed by atoms with Gasteiger partial charge in [0, 0.05) is 56.5 Å². The van der Waals surface area contributed by atoms with E-state index in [-0.39, 0.29) is 16.7 Å². The lowest BCUT2D eigenvalue weighted by molar-refractivity contribution is 0.156. The van der Waals surface area contributed by atoms with Crippen molar-refractivity contribution in [2.45, 2.75) is 12.5 Å². The Morgan fingerprint density at radius 1 is 0.844 bits per heavy atom. The van der Waals surface area contributed by atoms with E-state index in [0.717, 1.165) is 31.9 Å². The van der Waals surface area contributed by atoms with Crippen LogP contribution in [0.1, 0.15) is 18.1 Å². The zero-order valence-electron chi connectivity index (χ0n) is 17.5. The first-order chi connectivity index (χ1) is 15.5. The monoisotopic (exact) mass is 460 g/mol. The van der Waals surface area contributed by atoms with Crippen LogP contribution in [0.25, 0.3) is 0 Å². The number of rotatable bonds is 7. The van der Waals surface area contributed by atoms with Crippen LogP contribution in [-0.2, 0) is 0 Å². The summed E-state index contributed by atoms with van der Waals surface area (Å²) in [5.74, 6) is -0.716. The summed E-state index contributed by atoms with van der Waals surface area (Å²) in [4.78, 5) is 4.52. The SMILES string of the molecule is Fc1ccc(N2CCN(CC[C@@H](Oc3ccc(F)c(Cl)c3)c3ccccc3F)CC2)cc1. The van der Waals surface area contributed by atoms with E-state index in [0.29, 0.717) is 24.3 Å². The topological polar surface area (TPSA) is 15.7 Å². The molecular weight excluding hydrogens is 437 g/mol. The van der Waals surface area contributed by atoms with Crippen LogP contribution in [0.4, 0.5) is 18.9 Å². The highest BCUT2D eigenvalue weighted by Gasteiger charge is 2.22. The number of hydrogen-bond acceptors (Lipinski definition) is 3. The summed E-state index contributed by atoms with van der Waals surface area (Å²) in [6.07, 6.45) is 0.0276. The van der Waals surface area contributed by atoms with E-state index in [2.05, 4.69) is 9.80 Å². The maximum absolute atomic E-state index is 14.5. The number of nitrogens with zero attached hydrogens (tertiary/aromatic N) is 2. The third kappa shape index (κ3) is 5.56. The van der Waals surface area contributed by atoms with Crippen LogP contribution in [0.2, 0.25) is 5.02 Å². The smallest absolute Gasteiger partial charge is 0.142 e. The standard InChI is InChI=1S/C25H24ClF3N2O/c26-22-17-20(9-10-24(22)29)32-25(21-3-1-2-4-23(21)28)11-12-30-13-15-31(16-14-30)19-7-5-18(27)6-8-19/h1-10,17,25H,11-16H2/t25-/m1/s1. The Hall–Kier alpha value is -2.70. The van der Waals surface area contributed by atoms with E-state index in [1.54, 1.807) is 30.3 Å². The predicted molar refractivity (Wildman–Crippen MR) is 121 cm³/mol. The molecule has 0 amide bonds. The van der Waals surface area contributed by atoms with Crippen LogP contribution in [-0.4, -0.2) is 37.6 Å². The molecule has 1 atom stereocenters. The molecule has 1 aliphatic rings. The van der Waals surface area contributed by atoms with Gasteiger partial charge >= 0.3 is 0 Å². The second-order valence-corrected chi connectivity index (χ2v) is 8.20.